The topological polar surface area (TPSA) is 26.3 Å². The number of esters is 1. The van der Waals surface area contributed by atoms with E-state index in [1.165, 1.54) is 17.3 Å². The molecule has 2 aromatic rings. The Labute approximate surface area is 129 Å². The molecule has 0 fully saturated rings. The molecule has 0 aliphatic carbocycles. The van der Waals surface area contributed by atoms with Crippen LogP contribution in [0.3, 0.4) is 0 Å². The lowest BCUT2D eigenvalue weighted by Gasteiger charge is -2.15. The van der Waals surface area contributed by atoms with Crippen molar-refractivity contribution in [3.8, 4) is 0 Å². The maximum atomic E-state index is 12.3. The van der Waals surface area contributed by atoms with E-state index in [0.29, 0.717) is 0 Å². The summed E-state index contributed by atoms with van der Waals surface area (Å²) < 4.78 is 5.23. The standard InChI is InChI=1S/C18H18O2S/c1-3-13-20-18(19)17(15-7-5-4-6-8-15)21-16-11-9-14(2)10-12-16/h3-12,17H,1,13H2,2H3. The van der Waals surface area contributed by atoms with Crippen molar-refractivity contribution in [2.24, 2.45) is 0 Å². The molecule has 1 atom stereocenters. The Morgan fingerprint density at radius 2 is 1.86 bits per heavy atom. The molecule has 0 radical (unpaired) electrons. The fraction of sp³-hybridized carbons (Fsp3) is 0.167. The highest BCUT2D eigenvalue weighted by molar-refractivity contribution is 8.00. The summed E-state index contributed by atoms with van der Waals surface area (Å²) in [6.45, 7) is 5.85. The minimum Gasteiger partial charge on any atom is -0.460 e. The van der Waals surface area contributed by atoms with E-state index in [1.54, 1.807) is 6.08 Å². The van der Waals surface area contributed by atoms with Gasteiger partial charge in [0.25, 0.3) is 0 Å². The first-order chi connectivity index (χ1) is 10.2. The van der Waals surface area contributed by atoms with Crippen LogP contribution in [-0.4, -0.2) is 12.6 Å². The number of ether oxygens (including phenoxy) is 1. The molecular weight excluding hydrogens is 280 g/mol. The Morgan fingerprint density at radius 1 is 1.19 bits per heavy atom. The van der Waals surface area contributed by atoms with Gasteiger partial charge in [-0.15, -0.1) is 11.8 Å². The molecule has 2 rings (SSSR count). The van der Waals surface area contributed by atoms with Crippen molar-refractivity contribution in [3.63, 3.8) is 0 Å². The second-order valence-corrected chi connectivity index (χ2v) is 5.82. The number of carbonyl (C=O) groups excluding carboxylic acids is 1. The molecule has 3 heteroatoms. The highest BCUT2D eigenvalue weighted by Gasteiger charge is 2.23. The average molecular weight is 298 g/mol. The van der Waals surface area contributed by atoms with Crippen molar-refractivity contribution in [3.05, 3.63) is 78.4 Å². The normalized spacial score (nSPS) is 11.7. The number of hydrogen-bond acceptors (Lipinski definition) is 3. The van der Waals surface area contributed by atoms with Crippen molar-refractivity contribution < 1.29 is 9.53 Å². The van der Waals surface area contributed by atoms with Gasteiger partial charge in [-0.3, -0.25) is 4.79 Å². The van der Waals surface area contributed by atoms with Crippen LogP contribution in [0, 0.1) is 6.92 Å². The molecule has 0 saturated carbocycles. The molecule has 0 spiro atoms. The quantitative estimate of drug-likeness (QED) is 0.444. The van der Waals surface area contributed by atoms with Crippen molar-refractivity contribution in [2.45, 2.75) is 17.1 Å². The van der Waals surface area contributed by atoms with Crippen LogP contribution in [-0.2, 0) is 9.53 Å². The average Bonchev–Trinajstić information content (AvgIpc) is 2.53. The molecule has 0 N–H and O–H groups in total. The van der Waals surface area contributed by atoms with Crippen LogP contribution in [0.4, 0.5) is 0 Å². The third kappa shape index (κ3) is 4.50. The lowest BCUT2D eigenvalue weighted by Crippen LogP contribution is -2.13. The molecule has 0 aliphatic rings. The Hall–Kier alpha value is -2.00. The summed E-state index contributed by atoms with van der Waals surface area (Å²) in [5.41, 5.74) is 2.14. The van der Waals surface area contributed by atoms with Crippen LogP contribution in [0.5, 0.6) is 0 Å². The van der Waals surface area contributed by atoms with Gasteiger partial charge < -0.3 is 4.74 Å². The van der Waals surface area contributed by atoms with Gasteiger partial charge in [-0.25, -0.2) is 0 Å². The fourth-order valence-corrected chi connectivity index (χ4v) is 2.87. The Kier molecular flexibility index (Phi) is 5.64. The molecule has 2 nitrogen and oxygen atoms in total. The minimum absolute atomic E-state index is 0.233. The SMILES string of the molecule is C=CCOC(=O)C(Sc1ccc(C)cc1)c1ccccc1. The van der Waals surface area contributed by atoms with Gasteiger partial charge in [-0.2, -0.15) is 0 Å². The first-order valence-corrected chi connectivity index (χ1v) is 7.64. The third-order valence-corrected chi connectivity index (χ3v) is 4.18. The van der Waals surface area contributed by atoms with Crippen molar-refractivity contribution in [2.75, 3.05) is 6.61 Å². The molecule has 0 aliphatic heterocycles. The maximum absolute atomic E-state index is 12.3. The highest BCUT2D eigenvalue weighted by Crippen LogP contribution is 2.36. The number of benzene rings is 2. The molecular formula is C18H18O2S. The Bertz CT molecular complexity index is 590. The number of thioether (sulfide) groups is 1. The van der Waals surface area contributed by atoms with Crippen LogP contribution < -0.4 is 0 Å². The summed E-state index contributed by atoms with van der Waals surface area (Å²) in [5, 5.41) is -0.367. The van der Waals surface area contributed by atoms with E-state index in [4.69, 9.17) is 4.74 Å². The molecule has 0 aromatic heterocycles. The summed E-state index contributed by atoms with van der Waals surface area (Å²) in [6.07, 6.45) is 1.58. The van der Waals surface area contributed by atoms with E-state index >= 15 is 0 Å². The van der Waals surface area contributed by atoms with Gasteiger partial charge in [-0.05, 0) is 24.6 Å². The van der Waals surface area contributed by atoms with E-state index in [-0.39, 0.29) is 17.8 Å². The smallest absolute Gasteiger partial charge is 0.324 e. The number of carbonyl (C=O) groups is 1. The maximum Gasteiger partial charge on any atom is 0.324 e. The first-order valence-electron chi connectivity index (χ1n) is 6.76. The molecule has 108 valence electrons. The molecule has 0 heterocycles. The fourth-order valence-electron chi connectivity index (χ4n) is 1.85. The van der Waals surface area contributed by atoms with E-state index in [1.807, 2.05) is 61.5 Å². The van der Waals surface area contributed by atoms with Gasteiger partial charge in [0.2, 0.25) is 0 Å². The zero-order valence-electron chi connectivity index (χ0n) is 12.0. The third-order valence-electron chi connectivity index (χ3n) is 2.93. The van der Waals surface area contributed by atoms with E-state index in [9.17, 15) is 4.79 Å². The summed E-state index contributed by atoms with van der Waals surface area (Å²) in [5.74, 6) is -0.244. The van der Waals surface area contributed by atoms with Gasteiger partial charge in [-0.1, -0.05) is 60.7 Å². The van der Waals surface area contributed by atoms with Crippen LogP contribution in [0.15, 0.2) is 72.1 Å². The van der Waals surface area contributed by atoms with Crippen LogP contribution in [0.1, 0.15) is 16.4 Å². The minimum atomic E-state index is -0.367. The summed E-state index contributed by atoms with van der Waals surface area (Å²) in [4.78, 5) is 13.3. The largest absolute Gasteiger partial charge is 0.460 e. The van der Waals surface area contributed by atoms with Crippen molar-refractivity contribution >= 4 is 17.7 Å². The summed E-state index contributed by atoms with van der Waals surface area (Å²) in [7, 11) is 0. The van der Waals surface area contributed by atoms with Gasteiger partial charge >= 0.3 is 5.97 Å². The summed E-state index contributed by atoms with van der Waals surface area (Å²) in [6, 6.07) is 17.8. The van der Waals surface area contributed by atoms with Crippen LogP contribution in [0.25, 0.3) is 0 Å². The highest BCUT2D eigenvalue weighted by atomic mass is 32.2. The molecule has 0 amide bonds. The van der Waals surface area contributed by atoms with Crippen molar-refractivity contribution in [1.29, 1.82) is 0 Å². The van der Waals surface area contributed by atoms with Crippen LogP contribution in [0.2, 0.25) is 0 Å². The number of aryl methyl sites for hydroxylation is 1. The van der Waals surface area contributed by atoms with Crippen molar-refractivity contribution in [1.82, 2.24) is 0 Å². The van der Waals surface area contributed by atoms with Gasteiger partial charge in [0, 0.05) is 4.90 Å². The Morgan fingerprint density at radius 3 is 2.48 bits per heavy atom. The molecule has 1 unspecified atom stereocenters. The zero-order chi connectivity index (χ0) is 15.1. The predicted molar refractivity (Wildman–Crippen MR) is 87.4 cm³/mol. The number of hydrogen-bond donors (Lipinski definition) is 0. The second-order valence-electron chi connectivity index (χ2n) is 4.64. The van der Waals surface area contributed by atoms with Gasteiger partial charge in [0.05, 0.1) is 0 Å². The monoisotopic (exact) mass is 298 g/mol. The van der Waals surface area contributed by atoms with Crippen LogP contribution >= 0.6 is 11.8 Å². The molecule has 0 saturated heterocycles. The number of rotatable bonds is 6. The lowest BCUT2D eigenvalue weighted by molar-refractivity contribution is -0.141. The zero-order valence-corrected chi connectivity index (χ0v) is 12.8. The van der Waals surface area contributed by atoms with E-state index in [0.717, 1.165) is 10.5 Å². The second kappa shape index (κ2) is 7.70. The molecule has 2 aromatic carbocycles. The summed E-state index contributed by atoms with van der Waals surface area (Å²) >= 11 is 1.50. The first kappa shape index (κ1) is 15.4. The van der Waals surface area contributed by atoms with E-state index in [2.05, 4.69) is 6.58 Å². The molecule has 0 bridgehead atoms. The Balaban J connectivity index is 2.21. The van der Waals surface area contributed by atoms with Gasteiger partial charge in [0.1, 0.15) is 11.9 Å². The van der Waals surface area contributed by atoms with E-state index < -0.39 is 0 Å². The predicted octanol–water partition coefficient (Wildman–Crippen LogP) is 4.56. The van der Waals surface area contributed by atoms with Gasteiger partial charge in [0.15, 0.2) is 0 Å². The molecule has 21 heavy (non-hydrogen) atoms. The lowest BCUT2D eigenvalue weighted by atomic mass is 10.1.